The molecule has 0 saturated carbocycles. The molecule has 104 valence electrons. The van der Waals surface area contributed by atoms with Gasteiger partial charge in [-0.1, -0.05) is 18.2 Å². The van der Waals surface area contributed by atoms with Gasteiger partial charge in [-0.25, -0.2) is 0 Å². The smallest absolute Gasteiger partial charge is 0.259 e. The molecule has 0 spiro atoms. The molecule has 2 N–H and O–H groups in total. The molecule has 0 radical (unpaired) electrons. The molecular formula is C15H17N3OS. The van der Waals surface area contributed by atoms with Gasteiger partial charge in [-0.3, -0.25) is 9.89 Å². The Labute approximate surface area is 122 Å². The van der Waals surface area contributed by atoms with E-state index in [0.29, 0.717) is 11.3 Å². The number of aromatic nitrogens is 2. The van der Waals surface area contributed by atoms with Crippen LogP contribution in [0.5, 0.6) is 0 Å². The van der Waals surface area contributed by atoms with Crippen LogP contribution in [0, 0.1) is 13.8 Å². The first kappa shape index (κ1) is 14.4. The van der Waals surface area contributed by atoms with Gasteiger partial charge >= 0.3 is 0 Å². The highest BCUT2D eigenvalue weighted by Crippen LogP contribution is 2.27. The summed E-state index contributed by atoms with van der Waals surface area (Å²) in [5.74, 6) is 0.664. The fourth-order valence-corrected chi connectivity index (χ4v) is 2.66. The molecule has 0 aliphatic heterocycles. The maximum atomic E-state index is 12.3. The van der Waals surface area contributed by atoms with Crippen LogP contribution < -0.4 is 5.32 Å². The zero-order chi connectivity index (χ0) is 14.5. The number of thioether (sulfide) groups is 1. The maximum Gasteiger partial charge on any atom is 0.259 e. The third kappa shape index (κ3) is 3.11. The number of aryl methyl sites for hydroxylation is 2. The van der Waals surface area contributed by atoms with Crippen LogP contribution in [0.15, 0.2) is 41.8 Å². The SMILES string of the molecule is C=CCSc1ccccc1NC(=O)c1c(C)n[nH]c1C. The zero-order valence-electron chi connectivity index (χ0n) is 11.6. The van der Waals surface area contributed by atoms with Crippen LogP contribution in [-0.4, -0.2) is 21.9 Å². The number of benzene rings is 1. The predicted molar refractivity (Wildman–Crippen MR) is 83.4 cm³/mol. The third-order valence-corrected chi connectivity index (χ3v) is 3.92. The van der Waals surface area contributed by atoms with Crippen LogP contribution in [0.3, 0.4) is 0 Å². The molecule has 0 atom stereocenters. The molecule has 0 aliphatic rings. The summed E-state index contributed by atoms with van der Waals surface area (Å²) in [4.78, 5) is 13.4. The van der Waals surface area contributed by atoms with Gasteiger partial charge in [0.15, 0.2) is 0 Å². The van der Waals surface area contributed by atoms with Crippen molar-refractivity contribution in [1.29, 1.82) is 0 Å². The second kappa shape index (κ2) is 6.43. The quantitative estimate of drug-likeness (QED) is 0.653. The summed E-state index contributed by atoms with van der Waals surface area (Å²) >= 11 is 1.64. The number of hydrogen-bond acceptors (Lipinski definition) is 3. The van der Waals surface area contributed by atoms with Crippen molar-refractivity contribution in [2.75, 3.05) is 11.1 Å². The van der Waals surface area contributed by atoms with Crippen molar-refractivity contribution in [3.05, 3.63) is 53.9 Å². The Morgan fingerprint density at radius 2 is 2.20 bits per heavy atom. The normalized spacial score (nSPS) is 10.3. The highest BCUT2D eigenvalue weighted by molar-refractivity contribution is 7.99. The Morgan fingerprint density at radius 1 is 1.45 bits per heavy atom. The number of para-hydroxylation sites is 1. The van der Waals surface area contributed by atoms with E-state index in [1.807, 2.05) is 44.2 Å². The highest BCUT2D eigenvalue weighted by Gasteiger charge is 2.16. The molecule has 5 heteroatoms. The summed E-state index contributed by atoms with van der Waals surface area (Å²) in [5.41, 5.74) is 2.89. The van der Waals surface area contributed by atoms with Crippen LogP contribution in [0.2, 0.25) is 0 Å². The second-order valence-corrected chi connectivity index (χ2v) is 5.42. The van der Waals surface area contributed by atoms with Crippen molar-refractivity contribution in [1.82, 2.24) is 10.2 Å². The summed E-state index contributed by atoms with van der Waals surface area (Å²) in [6.45, 7) is 7.37. The van der Waals surface area contributed by atoms with Gasteiger partial charge in [0.1, 0.15) is 0 Å². The van der Waals surface area contributed by atoms with Crippen LogP contribution in [0.1, 0.15) is 21.7 Å². The standard InChI is InChI=1S/C15H17N3OS/c1-4-9-20-13-8-6-5-7-12(13)16-15(19)14-10(2)17-18-11(14)3/h4-8H,1,9H2,2-3H3,(H,16,19)(H,17,18). The Kier molecular flexibility index (Phi) is 4.63. The topological polar surface area (TPSA) is 57.8 Å². The monoisotopic (exact) mass is 287 g/mol. The van der Waals surface area contributed by atoms with Crippen molar-refractivity contribution >= 4 is 23.4 Å². The minimum atomic E-state index is -0.139. The fraction of sp³-hybridized carbons (Fsp3) is 0.200. The molecule has 2 aromatic rings. The molecule has 0 aliphatic carbocycles. The number of rotatable bonds is 5. The minimum absolute atomic E-state index is 0.139. The number of anilines is 1. The van der Waals surface area contributed by atoms with E-state index in [2.05, 4.69) is 22.1 Å². The lowest BCUT2D eigenvalue weighted by molar-refractivity contribution is 0.102. The first-order chi connectivity index (χ1) is 9.63. The van der Waals surface area contributed by atoms with E-state index < -0.39 is 0 Å². The lowest BCUT2D eigenvalue weighted by Crippen LogP contribution is -2.14. The molecule has 20 heavy (non-hydrogen) atoms. The first-order valence-corrected chi connectivity index (χ1v) is 7.27. The van der Waals surface area contributed by atoms with Crippen LogP contribution >= 0.6 is 11.8 Å². The Hall–Kier alpha value is -2.01. The van der Waals surface area contributed by atoms with E-state index in [0.717, 1.165) is 22.0 Å². The average molecular weight is 287 g/mol. The van der Waals surface area contributed by atoms with E-state index in [1.54, 1.807) is 11.8 Å². The van der Waals surface area contributed by atoms with Gasteiger partial charge in [0.05, 0.1) is 16.9 Å². The summed E-state index contributed by atoms with van der Waals surface area (Å²) in [6, 6.07) is 7.74. The Bertz CT molecular complexity index is 614. The number of aromatic amines is 1. The molecule has 1 amide bonds. The van der Waals surface area contributed by atoms with Gasteiger partial charge < -0.3 is 5.32 Å². The summed E-state index contributed by atoms with van der Waals surface area (Å²) in [7, 11) is 0. The van der Waals surface area contributed by atoms with E-state index in [4.69, 9.17) is 0 Å². The molecule has 4 nitrogen and oxygen atoms in total. The number of hydrogen-bond donors (Lipinski definition) is 2. The first-order valence-electron chi connectivity index (χ1n) is 6.29. The minimum Gasteiger partial charge on any atom is -0.321 e. The van der Waals surface area contributed by atoms with Crippen molar-refractivity contribution in [2.45, 2.75) is 18.7 Å². The maximum absolute atomic E-state index is 12.3. The Morgan fingerprint density at radius 3 is 2.85 bits per heavy atom. The number of nitrogens with one attached hydrogen (secondary N) is 2. The molecule has 1 aromatic carbocycles. The number of nitrogens with zero attached hydrogens (tertiary/aromatic N) is 1. The van der Waals surface area contributed by atoms with E-state index >= 15 is 0 Å². The summed E-state index contributed by atoms with van der Waals surface area (Å²) < 4.78 is 0. The third-order valence-electron chi connectivity index (χ3n) is 2.85. The van der Waals surface area contributed by atoms with Gasteiger partial charge in [0.2, 0.25) is 0 Å². The molecule has 0 unspecified atom stereocenters. The molecule has 1 aromatic heterocycles. The van der Waals surface area contributed by atoms with E-state index in [1.165, 1.54) is 0 Å². The molecule has 0 fully saturated rings. The zero-order valence-corrected chi connectivity index (χ0v) is 12.4. The number of H-pyrrole nitrogens is 1. The van der Waals surface area contributed by atoms with Crippen molar-refractivity contribution in [3.63, 3.8) is 0 Å². The lowest BCUT2D eigenvalue weighted by Gasteiger charge is -2.10. The van der Waals surface area contributed by atoms with E-state index in [9.17, 15) is 4.79 Å². The predicted octanol–water partition coefficient (Wildman–Crippen LogP) is 3.56. The van der Waals surface area contributed by atoms with Crippen LogP contribution in [-0.2, 0) is 0 Å². The van der Waals surface area contributed by atoms with Crippen molar-refractivity contribution < 1.29 is 4.79 Å². The number of carbonyl (C=O) groups excluding carboxylic acids is 1. The van der Waals surface area contributed by atoms with Crippen molar-refractivity contribution in [3.8, 4) is 0 Å². The second-order valence-electron chi connectivity index (χ2n) is 4.36. The Balaban J connectivity index is 2.22. The van der Waals surface area contributed by atoms with E-state index in [-0.39, 0.29) is 5.91 Å². The molecule has 1 heterocycles. The van der Waals surface area contributed by atoms with Crippen LogP contribution in [0.4, 0.5) is 5.69 Å². The average Bonchev–Trinajstić information content (AvgIpc) is 2.77. The van der Waals surface area contributed by atoms with Crippen LogP contribution in [0.25, 0.3) is 0 Å². The highest BCUT2D eigenvalue weighted by atomic mass is 32.2. The van der Waals surface area contributed by atoms with Gasteiger partial charge in [-0.05, 0) is 26.0 Å². The largest absolute Gasteiger partial charge is 0.321 e. The molecule has 0 saturated heterocycles. The van der Waals surface area contributed by atoms with Gasteiger partial charge in [-0.15, -0.1) is 18.3 Å². The molecule has 2 rings (SSSR count). The summed E-state index contributed by atoms with van der Waals surface area (Å²) in [5, 5.41) is 9.82. The number of amides is 1. The van der Waals surface area contributed by atoms with Gasteiger partial charge in [-0.2, -0.15) is 5.10 Å². The fourth-order valence-electron chi connectivity index (χ4n) is 1.91. The van der Waals surface area contributed by atoms with Gasteiger partial charge in [0.25, 0.3) is 5.91 Å². The number of carbonyl (C=O) groups is 1. The molecule has 0 bridgehead atoms. The molecular weight excluding hydrogens is 270 g/mol. The lowest BCUT2D eigenvalue weighted by atomic mass is 10.2. The van der Waals surface area contributed by atoms with Crippen molar-refractivity contribution in [2.24, 2.45) is 0 Å². The summed E-state index contributed by atoms with van der Waals surface area (Å²) in [6.07, 6.45) is 1.84. The van der Waals surface area contributed by atoms with Gasteiger partial charge in [0, 0.05) is 16.3 Å².